The van der Waals surface area contributed by atoms with Crippen molar-refractivity contribution in [3.63, 3.8) is 0 Å². The molecule has 0 saturated heterocycles. The summed E-state index contributed by atoms with van der Waals surface area (Å²) in [4.78, 5) is 10.5. The highest BCUT2D eigenvalue weighted by molar-refractivity contribution is 9.10. The predicted octanol–water partition coefficient (Wildman–Crippen LogP) is 3.62. The van der Waals surface area contributed by atoms with E-state index in [0.717, 1.165) is 10.1 Å². The first-order valence-corrected chi connectivity index (χ1v) is 5.21. The minimum Gasteiger partial charge on any atom is -0.298 e. The van der Waals surface area contributed by atoms with Crippen LogP contribution < -0.4 is 0 Å². The van der Waals surface area contributed by atoms with Crippen molar-refractivity contribution in [2.75, 3.05) is 0 Å². The van der Waals surface area contributed by atoms with Gasteiger partial charge in [-0.15, -0.1) is 11.3 Å². The Kier molecular flexibility index (Phi) is 2.17. The van der Waals surface area contributed by atoms with E-state index < -0.39 is 5.82 Å². The summed E-state index contributed by atoms with van der Waals surface area (Å²) in [6.45, 7) is 0. The summed E-state index contributed by atoms with van der Waals surface area (Å²) in [6, 6.07) is 3.38. The normalized spacial score (nSPS) is 10.6. The van der Waals surface area contributed by atoms with Gasteiger partial charge in [0.15, 0.2) is 6.29 Å². The fourth-order valence-corrected chi connectivity index (χ4v) is 2.70. The largest absolute Gasteiger partial charge is 0.298 e. The first kappa shape index (κ1) is 8.84. The standard InChI is InChI=1S/C9H4BrFOS/c10-8-6-1-2-13-7(6)3-5(4-12)9(8)11/h1-4H. The molecule has 0 amide bonds. The van der Waals surface area contributed by atoms with E-state index in [1.54, 1.807) is 6.07 Å². The van der Waals surface area contributed by atoms with E-state index in [1.165, 1.54) is 11.3 Å². The van der Waals surface area contributed by atoms with Crippen LogP contribution in [0.25, 0.3) is 10.1 Å². The van der Waals surface area contributed by atoms with Crippen LogP contribution in [0.4, 0.5) is 4.39 Å². The average molecular weight is 259 g/mol. The molecule has 0 spiro atoms. The second-order valence-electron chi connectivity index (χ2n) is 2.54. The first-order valence-electron chi connectivity index (χ1n) is 3.54. The lowest BCUT2D eigenvalue weighted by Gasteiger charge is -1.99. The lowest BCUT2D eigenvalue weighted by atomic mass is 10.2. The van der Waals surface area contributed by atoms with Crippen LogP contribution in [0, 0.1) is 5.82 Å². The Bertz CT molecular complexity index is 478. The zero-order chi connectivity index (χ0) is 9.42. The summed E-state index contributed by atoms with van der Waals surface area (Å²) < 4.78 is 14.6. The third kappa shape index (κ3) is 1.30. The van der Waals surface area contributed by atoms with Crippen molar-refractivity contribution < 1.29 is 9.18 Å². The van der Waals surface area contributed by atoms with Crippen molar-refractivity contribution in [1.29, 1.82) is 0 Å². The molecule has 0 fully saturated rings. The molecule has 0 aliphatic carbocycles. The van der Waals surface area contributed by atoms with Crippen LogP contribution >= 0.6 is 27.3 Å². The van der Waals surface area contributed by atoms with Crippen molar-refractivity contribution in [1.82, 2.24) is 0 Å². The molecule has 1 aromatic carbocycles. The highest BCUT2D eigenvalue weighted by Gasteiger charge is 2.10. The van der Waals surface area contributed by atoms with E-state index in [-0.39, 0.29) is 5.56 Å². The monoisotopic (exact) mass is 258 g/mol. The van der Waals surface area contributed by atoms with Crippen molar-refractivity contribution in [2.45, 2.75) is 0 Å². The summed E-state index contributed by atoms with van der Waals surface area (Å²) in [5, 5.41) is 2.68. The van der Waals surface area contributed by atoms with Crippen LogP contribution in [0.2, 0.25) is 0 Å². The molecule has 0 atom stereocenters. The van der Waals surface area contributed by atoms with Crippen molar-refractivity contribution in [3.8, 4) is 0 Å². The predicted molar refractivity (Wildman–Crippen MR) is 54.9 cm³/mol. The molecule has 0 aliphatic rings. The molecule has 0 aliphatic heterocycles. The fraction of sp³-hybridized carbons (Fsp3) is 0. The molecule has 1 nitrogen and oxygen atoms in total. The fourth-order valence-electron chi connectivity index (χ4n) is 1.15. The van der Waals surface area contributed by atoms with E-state index in [2.05, 4.69) is 15.9 Å². The smallest absolute Gasteiger partial charge is 0.153 e. The van der Waals surface area contributed by atoms with Crippen LogP contribution in [0.15, 0.2) is 22.0 Å². The minimum atomic E-state index is -0.485. The molecule has 0 bridgehead atoms. The number of hydrogen-bond donors (Lipinski definition) is 0. The third-order valence-corrected chi connectivity index (χ3v) is 3.43. The van der Waals surface area contributed by atoms with E-state index in [0.29, 0.717) is 10.8 Å². The Morgan fingerprint density at radius 1 is 1.54 bits per heavy atom. The van der Waals surface area contributed by atoms with Gasteiger partial charge < -0.3 is 0 Å². The van der Waals surface area contributed by atoms with E-state index in [9.17, 15) is 9.18 Å². The second-order valence-corrected chi connectivity index (χ2v) is 4.28. The summed E-state index contributed by atoms with van der Waals surface area (Å²) in [5.74, 6) is -0.485. The topological polar surface area (TPSA) is 17.1 Å². The maximum atomic E-state index is 13.3. The quantitative estimate of drug-likeness (QED) is 0.715. The summed E-state index contributed by atoms with van der Waals surface area (Å²) in [6.07, 6.45) is 0.527. The van der Waals surface area contributed by atoms with Crippen LogP contribution in [0.1, 0.15) is 10.4 Å². The van der Waals surface area contributed by atoms with Gasteiger partial charge in [-0.2, -0.15) is 0 Å². The van der Waals surface area contributed by atoms with Crippen molar-refractivity contribution in [2.24, 2.45) is 0 Å². The number of aldehydes is 1. The molecule has 13 heavy (non-hydrogen) atoms. The highest BCUT2D eigenvalue weighted by Crippen LogP contribution is 2.32. The van der Waals surface area contributed by atoms with Gasteiger partial charge in [0.05, 0.1) is 10.0 Å². The number of rotatable bonds is 1. The number of thiophene rings is 1. The number of halogens is 2. The Hall–Kier alpha value is -0.740. The molecule has 1 aromatic heterocycles. The Morgan fingerprint density at radius 2 is 2.31 bits per heavy atom. The molecular weight excluding hydrogens is 255 g/mol. The number of fused-ring (bicyclic) bond motifs is 1. The Labute approximate surface area is 86.3 Å². The molecular formula is C9H4BrFOS. The van der Waals surface area contributed by atoms with Crippen LogP contribution in [0.5, 0.6) is 0 Å². The molecule has 1 heterocycles. The van der Waals surface area contributed by atoms with Gasteiger partial charge in [-0.05, 0) is 33.4 Å². The maximum Gasteiger partial charge on any atom is 0.153 e. The summed E-state index contributed by atoms with van der Waals surface area (Å²) >= 11 is 4.61. The van der Waals surface area contributed by atoms with Gasteiger partial charge in [-0.25, -0.2) is 4.39 Å². The molecule has 0 radical (unpaired) electrons. The van der Waals surface area contributed by atoms with Gasteiger partial charge in [-0.1, -0.05) is 0 Å². The van der Waals surface area contributed by atoms with Gasteiger partial charge in [0.1, 0.15) is 5.82 Å². The molecule has 0 saturated carbocycles. The maximum absolute atomic E-state index is 13.3. The lowest BCUT2D eigenvalue weighted by molar-refractivity contribution is 0.112. The Morgan fingerprint density at radius 3 is 3.00 bits per heavy atom. The van der Waals surface area contributed by atoms with Crippen molar-refractivity contribution >= 4 is 43.6 Å². The van der Waals surface area contributed by atoms with Gasteiger partial charge >= 0.3 is 0 Å². The number of carbonyl (C=O) groups excluding carboxylic acids is 1. The van der Waals surface area contributed by atoms with Gasteiger partial charge in [0.2, 0.25) is 0 Å². The molecule has 66 valence electrons. The molecule has 0 unspecified atom stereocenters. The summed E-state index contributed by atoms with van der Waals surface area (Å²) in [5.41, 5.74) is 0.0989. The SMILES string of the molecule is O=Cc1cc2sccc2c(Br)c1F. The van der Waals surface area contributed by atoms with Crippen LogP contribution in [0.3, 0.4) is 0 Å². The van der Waals surface area contributed by atoms with E-state index >= 15 is 0 Å². The van der Waals surface area contributed by atoms with Crippen LogP contribution in [-0.2, 0) is 0 Å². The number of benzene rings is 1. The van der Waals surface area contributed by atoms with Gasteiger partial charge in [0.25, 0.3) is 0 Å². The molecule has 2 aromatic rings. The van der Waals surface area contributed by atoms with Crippen molar-refractivity contribution in [3.05, 3.63) is 33.4 Å². The van der Waals surface area contributed by atoms with Gasteiger partial charge in [-0.3, -0.25) is 4.79 Å². The number of hydrogen-bond acceptors (Lipinski definition) is 2. The molecule has 4 heteroatoms. The zero-order valence-corrected chi connectivity index (χ0v) is 8.78. The second kappa shape index (κ2) is 3.20. The average Bonchev–Trinajstić information content (AvgIpc) is 2.59. The van der Waals surface area contributed by atoms with Gasteiger partial charge in [0, 0.05) is 10.1 Å². The molecule has 0 N–H and O–H groups in total. The van der Waals surface area contributed by atoms with E-state index in [1.807, 2.05) is 11.4 Å². The summed E-state index contributed by atoms with van der Waals surface area (Å²) in [7, 11) is 0. The van der Waals surface area contributed by atoms with E-state index in [4.69, 9.17) is 0 Å². The first-order chi connectivity index (χ1) is 6.24. The molecule has 2 rings (SSSR count). The lowest BCUT2D eigenvalue weighted by Crippen LogP contribution is -1.88. The third-order valence-electron chi connectivity index (χ3n) is 1.79. The number of carbonyl (C=O) groups is 1. The highest BCUT2D eigenvalue weighted by atomic mass is 79.9. The van der Waals surface area contributed by atoms with Crippen LogP contribution in [-0.4, -0.2) is 6.29 Å². The zero-order valence-electron chi connectivity index (χ0n) is 6.38. The minimum absolute atomic E-state index is 0.0989. The Balaban J connectivity index is 2.91.